The van der Waals surface area contributed by atoms with Gasteiger partial charge in [0.25, 0.3) is 0 Å². The van der Waals surface area contributed by atoms with Crippen LogP contribution in [0.3, 0.4) is 0 Å². The number of carbonyl (C=O) groups is 3. The Hall–Kier alpha value is -2.90. The molecule has 1 aromatic carbocycles. The molecule has 2 fully saturated rings. The van der Waals surface area contributed by atoms with Crippen LogP contribution in [0, 0.1) is 12.3 Å². The molecule has 1 aromatic heterocycles. The minimum atomic E-state index is -1.21. The van der Waals surface area contributed by atoms with Crippen LogP contribution in [-0.2, 0) is 25.7 Å². The number of likely N-dealkylation sites (tertiary alicyclic amines) is 1. The van der Waals surface area contributed by atoms with Crippen LogP contribution in [0.5, 0.6) is 0 Å². The molecule has 2 aliphatic rings. The molecule has 11 nitrogen and oxygen atoms in total. The predicted molar refractivity (Wildman–Crippen MR) is 153 cm³/mol. The molecule has 0 bridgehead atoms. The number of carbonyl (C=O) groups excluding carboxylic acids is 3. The number of nitrogens with one attached hydrogen (secondary N) is 2. The summed E-state index contributed by atoms with van der Waals surface area (Å²) in [6.07, 6.45) is -4.86. The number of aliphatic hydroxyl groups is 3. The van der Waals surface area contributed by atoms with Gasteiger partial charge in [-0.2, -0.15) is 0 Å². The Morgan fingerprint density at radius 2 is 1.83 bits per heavy atom. The normalized spacial score (nSPS) is 27.1. The summed E-state index contributed by atoms with van der Waals surface area (Å²) in [4.78, 5) is 46.6. The van der Waals surface area contributed by atoms with E-state index in [1.807, 2.05) is 31.2 Å². The second-order valence-corrected chi connectivity index (χ2v) is 12.9. The zero-order chi connectivity index (χ0) is 30.1. The Morgan fingerprint density at radius 3 is 2.39 bits per heavy atom. The Bertz CT molecular complexity index is 1240. The molecule has 2 unspecified atom stereocenters. The topological polar surface area (TPSA) is 161 Å². The van der Waals surface area contributed by atoms with Crippen LogP contribution in [0.4, 0.5) is 0 Å². The molecule has 3 heterocycles. The third kappa shape index (κ3) is 7.12. The van der Waals surface area contributed by atoms with Crippen LogP contribution in [0.25, 0.3) is 10.4 Å². The van der Waals surface area contributed by atoms with E-state index in [9.17, 15) is 29.7 Å². The molecule has 2 saturated heterocycles. The van der Waals surface area contributed by atoms with Gasteiger partial charge in [-0.3, -0.25) is 14.4 Å². The number of thiazole rings is 1. The number of benzene rings is 1. The summed E-state index contributed by atoms with van der Waals surface area (Å²) >= 11 is 1.57. The Balaban J connectivity index is 1.39. The fraction of sp³-hybridized carbons (Fsp3) is 0.586. The predicted octanol–water partition coefficient (Wildman–Crippen LogP) is 1.13. The molecule has 41 heavy (non-hydrogen) atoms. The fourth-order valence-corrected chi connectivity index (χ4v) is 6.10. The van der Waals surface area contributed by atoms with E-state index in [0.29, 0.717) is 0 Å². The number of rotatable bonds is 8. The van der Waals surface area contributed by atoms with Gasteiger partial charge in [0.2, 0.25) is 17.7 Å². The molecular formula is C29H40N4O7S. The third-order valence-corrected chi connectivity index (χ3v) is 8.68. The molecule has 0 saturated carbocycles. The number of aliphatic hydroxyl groups excluding tert-OH is 3. The highest BCUT2D eigenvalue weighted by atomic mass is 32.1. The van der Waals surface area contributed by atoms with Crippen LogP contribution in [0.2, 0.25) is 0 Å². The van der Waals surface area contributed by atoms with Crippen LogP contribution in [-0.4, -0.2) is 92.1 Å². The summed E-state index contributed by atoms with van der Waals surface area (Å²) in [6.45, 7) is 9.17. The molecule has 0 aliphatic carbocycles. The van der Waals surface area contributed by atoms with Gasteiger partial charge in [-0.05, 0) is 30.4 Å². The summed E-state index contributed by atoms with van der Waals surface area (Å²) in [5.41, 5.74) is 3.98. The van der Waals surface area contributed by atoms with Crippen LogP contribution >= 0.6 is 11.3 Å². The summed E-state index contributed by atoms with van der Waals surface area (Å²) < 4.78 is 5.50. The standard InChI is InChI=1S/C29H40N4O7S/c1-15-25(41-14-31-15)18-8-6-17(7-9-18)12-30-27(38)20-10-19(34)13-33(20)28(39)26(29(3,4)5)32-22(35)11-21-24(37)23(36)16(2)40-21/h6-9,14,16,19-21,23-24,26,34,36-37H,10-13H2,1-5H3,(H,30,38)(H,32,35)/t16-,19+,20+,21?,23-,24+,26?/m1/s1. The highest BCUT2D eigenvalue weighted by Crippen LogP contribution is 2.29. The van der Waals surface area contributed by atoms with Crippen LogP contribution in [0.15, 0.2) is 29.8 Å². The number of β-amino-alcohol motifs (C(OH)–C–C–N with tert-alkyl or cyclic N) is 1. The molecule has 12 heteroatoms. The lowest BCUT2D eigenvalue weighted by Crippen LogP contribution is -2.58. The smallest absolute Gasteiger partial charge is 0.246 e. The van der Waals surface area contributed by atoms with Gasteiger partial charge in [-0.1, -0.05) is 45.0 Å². The second-order valence-electron chi connectivity index (χ2n) is 12.0. The quantitative estimate of drug-likeness (QED) is 0.307. The molecule has 224 valence electrons. The number of amides is 3. The van der Waals surface area contributed by atoms with Crippen molar-refractivity contribution in [1.29, 1.82) is 0 Å². The molecular weight excluding hydrogens is 548 g/mol. The lowest BCUT2D eigenvalue weighted by atomic mass is 9.85. The van der Waals surface area contributed by atoms with Crippen molar-refractivity contribution in [2.24, 2.45) is 5.41 Å². The first-order valence-electron chi connectivity index (χ1n) is 13.8. The monoisotopic (exact) mass is 588 g/mol. The zero-order valence-electron chi connectivity index (χ0n) is 24.0. The Morgan fingerprint density at radius 1 is 1.15 bits per heavy atom. The summed E-state index contributed by atoms with van der Waals surface area (Å²) in [5.74, 6) is -1.39. The highest BCUT2D eigenvalue weighted by molar-refractivity contribution is 7.13. The number of ether oxygens (including phenoxy) is 1. The van der Waals surface area contributed by atoms with Crippen molar-refractivity contribution < 1.29 is 34.4 Å². The molecule has 4 rings (SSSR count). The molecule has 2 aromatic rings. The SMILES string of the molecule is Cc1ncsc1-c1ccc(CNC(=O)[C@@H]2C[C@H](O)CN2C(=O)C(NC(=O)CC2O[C@H](C)[C@@H](O)[C@H]2O)C(C)(C)C)cc1. The summed E-state index contributed by atoms with van der Waals surface area (Å²) in [5, 5.41) is 36.1. The largest absolute Gasteiger partial charge is 0.391 e. The van der Waals surface area contributed by atoms with E-state index in [0.717, 1.165) is 21.7 Å². The van der Waals surface area contributed by atoms with Crippen molar-refractivity contribution >= 4 is 29.1 Å². The first-order chi connectivity index (χ1) is 19.3. The van der Waals surface area contributed by atoms with Gasteiger partial charge in [0, 0.05) is 19.5 Å². The van der Waals surface area contributed by atoms with Crippen molar-refractivity contribution in [2.45, 2.75) is 96.6 Å². The first-order valence-corrected chi connectivity index (χ1v) is 14.7. The Kier molecular flexibility index (Phi) is 9.49. The number of hydrogen-bond donors (Lipinski definition) is 5. The molecule has 7 atom stereocenters. The minimum Gasteiger partial charge on any atom is -0.391 e. The van der Waals surface area contributed by atoms with Crippen LogP contribution in [0.1, 0.15) is 51.8 Å². The van der Waals surface area contributed by atoms with E-state index in [2.05, 4.69) is 15.6 Å². The van der Waals surface area contributed by atoms with Gasteiger partial charge in [-0.25, -0.2) is 4.98 Å². The molecule has 0 spiro atoms. The van der Waals surface area contributed by atoms with E-state index < -0.39 is 59.8 Å². The Labute approximate surface area is 243 Å². The van der Waals surface area contributed by atoms with E-state index in [-0.39, 0.29) is 31.8 Å². The van der Waals surface area contributed by atoms with Crippen molar-refractivity contribution in [3.05, 3.63) is 41.0 Å². The van der Waals surface area contributed by atoms with E-state index >= 15 is 0 Å². The molecule has 0 radical (unpaired) electrons. The van der Waals surface area contributed by atoms with Gasteiger partial charge in [-0.15, -0.1) is 11.3 Å². The number of aromatic nitrogens is 1. The van der Waals surface area contributed by atoms with Crippen LogP contribution < -0.4 is 10.6 Å². The number of nitrogens with zero attached hydrogens (tertiary/aromatic N) is 2. The second kappa shape index (κ2) is 12.5. The first kappa shape index (κ1) is 31.0. The third-order valence-electron chi connectivity index (χ3n) is 7.70. The van der Waals surface area contributed by atoms with Gasteiger partial charge >= 0.3 is 0 Å². The summed E-state index contributed by atoms with van der Waals surface area (Å²) in [6, 6.07) is 5.91. The van der Waals surface area contributed by atoms with Crippen molar-refractivity contribution in [3.63, 3.8) is 0 Å². The lowest BCUT2D eigenvalue weighted by molar-refractivity contribution is -0.144. The molecule has 2 aliphatic heterocycles. The van der Waals surface area contributed by atoms with Gasteiger partial charge in [0.15, 0.2) is 0 Å². The van der Waals surface area contributed by atoms with E-state index in [4.69, 9.17) is 4.74 Å². The van der Waals surface area contributed by atoms with Gasteiger partial charge in [0.1, 0.15) is 24.3 Å². The lowest BCUT2D eigenvalue weighted by Gasteiger charge is -2.35. The van der Waals surface area contributed by atoms with Crippen molar-refractivity contribution in [2.75, 3.05) is 6.54 Å². The van der Waals surface area contributed by atoms with Gasteiger partial charge < -0.3 is 35.6 Å². The highest BCUT2D eigenvalue weighted by Gasteiger charge is 2.45. The van der Waals surface area contributed by atoms with Crippen molar-refractivity contribution in [1.82, 2.24) is 20.5 Å². The number of aryl methyl sites for hydroxylation is 1. The van der Waals surface area contributed by atoms with Gasteiger partial charge in [0.05, 0.1) is 40.8 Å². The average molecular weight is 589 g/mol. The average Bonchev–Trinajstić information content (AvgIpc) is 3.59. The van der Waals surface area contributed by atoms with Crippen molar-refractivity contribution in [3.8, 4) is 10.4 Å². The number of hydrogen-bond acceptors (Lipinski definition) is 9. The maximum Gasteiger partial charge on any atom is 0.246 e. The minimum absolute atomic E-state index is 0.0313. The molecule has 5 N–H and O–H groups in total. The fourth-order valence-electron chi connectivity index (χ4n) is 5.29. The maximum atomic E-state index is 13.7. The van der Waals surface area contributed by atoms with E-state index in [1.54, 1.807) is 44.5 Å². The molecule has 3 amide bonds. The maximum absolute atomic E-state index is 13.7. The zero-order valence-corrected chi connectivity index (χ0v) is 24.9. The van der Waals surface area contributed by atoms with E-state index in [1.165, 1.54) is 4.90 Å². The summed E-state index contributed by atoms with van der Waals surface area (Å²) in [7, 11) is 0.